The van der Waals surface area contributed by atoms with Gasteiger partial charge in [-0.2, -0.15) is 0 Å². The molecule has 0 bridgehead atoms. The minimum atomic E-state index is -0.147. The molecular weight excluding hydrogens is 354 g/mol. The summed E-state index contributed by atoms with van der Waals surface area (Å²) in [6, 6.07) is 12.9. The van der Waals surface area contributed by atoms with Gasteiger partial charge in [-0.1, -0.05) is 12.1 Å². The van der Waals surface area contributed by atoms with Crippen molar-refractivity contribution in [2.45, 2.75) is 26.3 Å². The van der Waals surface area contributed by atoms with Crippen LogP contribution in [-0.2, 0) is 11.2 Å². The fourth-order valence-electron chi connectivity index (χ4n) is 3.03. The number of carbonyl (C=O) groups is 2. The molecule has 144 valence electrons. The van der Waals surface area contributed by atoms with Crippen molar-refractivity contribution in [2.24, 2.45) is 0 Å². The van der Waals surface area contributed by atoms with Crippen molar-refractivity contribution in [1.82, 2.24) is 14.9 Å². The third-order valence-electron chi connectivity index (χ3n) is 4.61. The van der Waals surface area contributed by atoms with Crippen LogP contribution in [0.2, 0.25) is 0 Å². The Hall–Kier alpha value is -3.41. The van der Waals surface area contributed by atoms with E-state index in [-0.39, 0.29) is 24.2 Å². The number of hydrogen-bond acceptors (Lipinski definition) is 4. The number of nitrogens with zero attached hydrogens (tertiary/aromatic N) is 2. The molecule has 3 aromatic rings. The topological polar surface area (TPSA) is 73.2 Å². The lowest BCUT2D eigenvalue weighted by Gasteiger charge is -2.16. The Kier molecular flexibility index (Phi) is 5.89. The first-order valence-corrected chi connectivity index (χ1v) is 9.03. The van der Waals surface area contributed by atoms with E-state index < -0.39 is 0 Å². The molecule has 0 aliphatic heterocycles. The van der Waals surface area contributed by atoms with Crippen LogP contribution in [0.4, 0.5) is 0 Å². The van der Waals surface area contributed by atoms with Gasteiger partial charge in [0.1, 0.15) is 5.75 Å². The lowest BCUT2D eigenvalue weighted by atomic mass is 10.0. The second kappa shape index (κ2) is 8.52. The van der Waals surface area contributed by atoms with Crippen LogP contribution < -0.4 is 10.1 Å². The molecule has 1 heterocycles. The lowest BCUT2D eigenvalue weighted by Crippen LogP contribution is -2.28. The minimum Gasteiger partial charge on any atom is -0.496 e. The highest BCUT2D eigenvalue weighted by molar-refractivity contribution is 5.94. The van der Waals surface area contributed by atoms with Crippen molar-refractivity contribution in [1.29, 1.82) is 0 Å². The second-order valence-corrected chi connectivity index (χ2v) is 6.61. The first-order valence-electron chi connectivity index (χ1n) is 9.03. The number of imidazole rings is 1. The average molecular weight is 377 g/mol. The number of carbonyl (C=O) groups excluding carboxylic acids is 2. The molecule has 0 saturated heterocycles. The van der Waals surface area contributed by atoms with Gasteiger partial charge in [-0.15, -0.1) is 0 Å². The third kappa shape index (κ3) is 4.46. The van der Waals surface area contributed by atoms with Crippen LogP contribution in [0.3, 0.4) is 0 Å². The highest BCUT2D eigenvalue weighted by atomic mass is 16.5. The first-order chi connectivity index (χ1) is 13.5. The third-order valence-corrected chi connectivity index (χ3v) is 4.61. The van der Waals surface area contributed by atoms with Gasteiger partial charge in [-0.25, -0.2) is 4.98 Å². The van der Waals surface area contributed by atoms with Crippen molar-refractivity contribution in [2.75, 3.05) is 7.11 Å². The molecule has 0 saturated carbocycles. The molecule has 0 aliphatic carbocycles. The fraction of sp³-hybridized carbons (Fsp3) is 0.227. The molecule has 6 nitrogen and oxygen atoms in total. The summed E-state index contributed by atoms with van der Waals surface area (Å²) in [5.41, 5.74) is 3.26. The Bertz CT molecular complexity index is 963. The molecule has 1 amide bonds. The molecule has 1 atom stereocenters. The van der Waals surface area contributed by atoms with E-state index in [0.717, 1.165) is 11.3 Å². The lowest BCUT2D eigenvalue weighted by molar-refractivity contribution is -0.121. The summed E-state index contributed by atoms with van der Waals surface area (Å²) >= 11 is 0. The Morgan fingerprint density at radius 3 is 2.54 bits per heavy atom. The summed E-state index contributed by atoms with van der Waals surface area (Å²) in [6.07, 6.45) is 5.49. The standard InChI is InChI=1S/C22H23N3O3/c1-15(17-4-7-20(8-5-17)25-11-10-23-14-25)24-22(27)13-19-12-18(16(2)26)6-9-21(19)28-3/h4-12,14-15H,13H2,1-3H3,(H,24,27)/t15-/m1/s1. The highest BCUT2D eigenvalue weighted by Crippen LogP contribution is 2.22. The zero-order valence-corrected chi connectivity index (χ0v) is 16.2. The molecule has 1 aromatic heterocycles. The number of nitrogens with one attached hydrogen (secondary N) is 1. The molecule has 1 N–H and O–H groups in total. The van der Waals surface area contributed by atoms with Crippen molar-refractivity contribution >= 4 is 11.7 Å². The van der Waals surface area contributed by atoms with E-state index in [2.05, 4.69) is 10.3 Å². The van der Waals surface area contributed by atoms with E-state index in [1.807, 2.05) is 42.0 Å². The normalized spacial score (nSPS) is 11.7. The van der Waals surface area contributed by atoms with E-state index in [0.29, 0.717) is 16.9 Å². The smallest absolute Gasteiger partial charge is 0.225 e. The van der Waals surface area contributed by atoms with Gasteiger partial charge in [-0.05, 0) is 49.7 Å². The quantitative estimate of drug-likeness (QED) is 0.640. The predicted octanol–water partition coefficient (Wildman–Crippen LogP) is 3.50. The molecule has 28 heavy (non-hydrogen) atoms. The zero-order valence-electron chi connectivity index (χ0n) is 16.2. The average Bonchev–Trinajstić information content (AvgIpc) is 3.22. The van der Waals surface area contributed by atoms with Gasteiger partial charge >= 0.3 is 0 Å². The largest absolute Gasteiger partial charge is 0.496 e. The van der Waals surface area contributed by atoms with Gasteiger partial charge in [0.15, 0.2) is 5.78 Å². The van der Waals surface area contributed by atoms with Gasteiger partial charge in [0, 0.05) is 29.2 Å². The number of ketones is 1. The Labute approximate surface area is 164 Å². The summed E-state index contributed by atoms with van der Waals surface area (Å²) in [5, 5.41) is 3.00. The fourth-order valence-corrected chi connectivity index (χ4v) is 3.03. The van der Waals surface area contributed by atoms with E-state index in [1.165, 1.54) is 6.92 Å². The number of benzene rings is 2. The summed E-state index contributed by atoms with van der Waals surface area (Å²) in [5.74, 6) is 0.415. The molecule has 3 rings (SSSR count). The van der Waals surface area contributed by atoms with E-state index >= 15 is 0 Å². The van der Waals surface area contributed by atoms with Crippen LogP contribution in [0, 0.1) is 0 Å². The summed E-state index contributed by atoms with van der Waals surface area (Å²) < 4.78 is 7.24. The highest BCUT2D eigenvalue weighted by Gasteiger charge is 2.14. The monoisotopic (exact) mass is 377 g/mol. The SMILES string of the molecule is COc1ccc(C(C)=O)cc1CC(=O)N[C@H](C)c1ccc(-n2ccnc2)cc1. The number of Topliss-reactive ketones (excluding diaryl/α,β-unsaturated/α-hetero) is 1. The zero-order chi connectivity index (χ0) is 20.1. The maximum absolute atomic E-state index is 12.5. The number of rotatable bonds is 7. The molecule has 6 heteroatoms. The minimum absolute atomic E-state index is 0.0457. The summed E-state index contributed by atoms with van der Waals surface area (Å²) in [4.78, 5) is 28.2. The molecule has 0 radical (unpaired) electrons. The van der Waals surface area contributed by atoms with Gasteiger partial charge in [0.2, 0.25) is 5.91 Å². The van der Waals surface area contributed by atoms with Crippen LogP contribution >= 0.6 is 0 Å². The molecule has 0 spiro atoms. The van der Waals surface area contributed by atoms with E-state index in [9.17, 15) is 9.59 Å². The predicted molar refractivity (Wildman–Crippen MR) is 107 cm³/mol. The molecule has 0 fully saturated rings. The number of aromatic nitrogens is 2. The molecular formula is C22H23N3O3. The summed E-state index contributed by atoms with van der Waals surface area (Å²) in [7, 11) is 1.55. The maximum Gasteiger partial charge on any atom is 0.225 e. The Morgan fingerprint density at radius 1 is 1.18 bits per heavy atom. The first kappa shape index (κ1) is 19.4. The van der Waals surface area contributed by atoms with Gasteiger partial charge in [0.05, 0.1) is 25.9 Å². The van der Waals surface area contributed by atoms with Crippen LogP contribution in [0.15, 0.2) is 61.2 Å². The van der Waals surface area contributed by atoms with Gasteiger partial charge in [-0.3, -0.25) is 9.59 Å². The number of hydrogen-bond donors (Lipinski definition) is 1. The van der Waals surface area contributed by atoms with Gasteiger partial charge < -0.3 is 14.6 Å². The van der Waals surface area contributed by atoms with Crippen molar-refractivity contribution in [3.05, 3.63) is 77.9 Å². The van der Waals surface area contributed by atoms with E-state index in [1.54, 1.807) is 37.8 Å². The number of methoxy groups -OCH3 is 1. The van der Waals surface area contributed by atoms with Crippen LogP contribution in [-0.4, -0.2) is 28.4 Å². The van der Waals surface area contributed by atoms with Crippen molar-refractivity contribution in [3.63, 3.8) is 0 Å². The maximum atomic E-state index is 12.5. The van der Waals surface area contributed by atoms with Crippen LogP contribution in [0.5, 0.6) is 5.75 Å². The summed E-state index contributed by atoms with van der Waals surface area (Å²) in [6.45, 7) is 3.44. The second-order valence-electron chi connectivity index (χ2n) is 6.61. The van der Waals surface area contributed by atoms with Crippen LogP contribution in [0.1, 0.15) is 41.4 Å². The van der Waals surface area contributed by atoms with Gasteiger partial charge in [0.25, 0.3) is 0 Å². The van der Waals surface area contributed by atoms with E-state index in [4.69, 9.17) is 4.74 Å². The number of amides is 1. The van der Waals surface area contributed by atoms with Crippen molar-refractivity contribution < 1.29 is 14.3 Å². The Morgan fingerprint density at radius 2 is 1.93 bits per heavy atom. The number of ether oxygens (including phenoxy) is 1. The Balaban J connectivity index is 1.67. The van der Waals surface area contributed by atoms with Crippen LogP contribution in [0.25, 0.3) is 5.69 Å². The van der Waals surface area contributed by atoms with Crippen molar-refractivity contribution in [3.8, 4) is 11.4 Å². The molecule has 0 unspecified atom stereocenters. The molecule has 2 aromatic carbocycles. The molecule has 0 aliphatic rings.